The zero-order chi connectivity index (χ0) is 19.2. The van der Waals surface area contributed by atoms with Gasteiger partial charge in [0.05, 0.1) is 7.11 Å². The molecular weight excluding hydrogens is 348 g/mol. The van der Waals surface area contributed by atoms with Crippen molar-refractivity contribution in [3.63, 3.8) is 0 Å². The molecule has 0 aliphatic heterocycles. The van der Waals surface area contributed by atoms with Crippen LogP contribution in [0.25, 0.3) is 11.5 Å². The molecule has 8 heteroatoms. The van der Waals surface area contributed by atoms with Gasteiger partial charge in [0.15, 0.2) is 0 Å². The predicted octanol–water partition coefficient (Wildman–Crippen LogP) is 3.35. The number of amides is 2. The van der Waals surface area contributed by atoms with Gasteiger partial charge in [0, 0.05) is 23.2 Å². The Morgan fingerprint density at radius 1 is 1.00 bits per heavy atom. The molecule has 0 aliphatic carbocycles. The van der Waals surface area contributed by atoms with Crippen molar-refractivity contribution in [2.45, 2.75) is 13.3 Å². The lowest BCUT2D eigenvalue weighted by atomic mass is 10.2. The van der Waals surface area contributed by atoms with Crippen molar-refractivity contribution in [2.24, 2.45) is 0 Å². The van der Waals surface area contributed by atoms with Crippen molar-refractivity contribution in [2.75, 3.05) is 17.7 Å². The molecule has 2 N–H and O–H groups in total. The van der Waals surface area contributed by atoms with Crippen molar-refractivity contribution in [3.05, 3.63) is 54.1 Å². The molecule has 2 amide bonds. The maximum Gasteiger partial charge on any atom is 0.322 e. The van der Waals surface area contributed by atoms with E-state index in [9.17, 15) is 9.59 Å². The summed E-state index contributed by atoms with van der Waals surface area (Å²) in [7, 11) is 1.58. The van der Waals surface area contributed by atoms with E-state index in [0.717, 1.165) is 0 Å². The minimum atomic E-state index is -0.395. The monoisotopic (exact) mass is 366 g/mol. The van der Waals surface area contributed by atoms with Gasteiger partial charge in [-0.25, -0.2) is 0 Å². The first-order valence-corrected chi connectivity index (χ1v) is 8.28. The van der Waals surface area contributed by atoms with Gasteiger partial charge in [0.25, 0.3) is 5.91 Å². The number of benzene rings is 2. The Morgan fingerprint density at radius 2 is 1.70 bits per heavy atom. The summed E-state index contributed by atoms with van der Waals surface area (Å²) in [6.07, 6.45) is 0.385. The maximum absolute atomic E-state index is 12.3. The second-order valence-electron chi connectivity index (χ2n) is 5.57. The van der Waals surface area contributed by atoms with Crippen LogP contribution in [0.15, 0.2) is 52.9 Å². The third-order valence-electron chi connectivity index (χ3n) is 3.73. The molecule has 2 aromatic carbocycles. The molecule has 3 rings (SSSR count). The number of carbonyl (C=O) groups excluding carboxylic acids is 2. The first-order valence-electron chi connectivity index (χ1n) is 8.28. The molecular formula is C19H18N4O4. The summed E-state index contributed by atoms with van der Waals surface area (Å²) in [5.41, 5.74) is 1.73. The normalized spacial score (nSPS) is 10.3. The van der Waals surface area contributed by atoms with Crippen LogP contribution < -0.4 is 15.4 Å². The molecule has 0 fully saturated rings. The Morgan fingerprint density at radius 3 is 2.33 bits per heavy atom. The number of aromatic nitrogens is 2. The van der Waals surface area contributed by atoms with Crippen LogP contribution in [0.3, 0.4) is 0 Å². The highest BCUT2D eigenvalue weighted by Gasteiger charge is 2.13. The number of ether oxygens (including phenoxy) is 1. The number of anilines is 2. The summed E-state index contributed by atoms with van der Waals surface area (Å²) in [6, 6.07) is 13.6. The van der Waals surface area contributed by atoms with Gasteiger partial charge in [-0.3, -0.25) is 14.9 Å². The third-order valence-corrected chi connectivity index (χ3v) is 3.73. The number of nitrogens with one attached hydrogen (secondary N) is 2. The molecule has 0 saturated carbocycles. The fourth-order valence-corrected chi connectivity index (χ4v) is 2.25. The lowest BCUT2D eigenvalue weighted by Gasteiger charge is -2.05. The second kappa shape index (κ2) is 8.13. The number of hydrogen-bond donors (Lipinski definition) is 2. The van der Waals surface area contributed by atoms with Gasteiger partial charge in [0.1, 0.15) is 5.75 Å². The molecule has 0 bridgehead atoms. The zero-order valence-electron chi connectivity index (χ0n) is 14.9. The van der Waals surface area contributed by atoms with Crippen LogP contribution in [-0.2, 0) is 4.79 Å². The second-order valence-corrected chi connectivity index (χ2v) is 5.57. The maximum atomic E-state index is 12.3. The number of rotatable bonds is 6. The Labute approximate surface area is 155 Å². The van der Waals surface area contributed by atoms with E-state index in [1.807, 2.05) is 0 Å². The Balaban J connectivity index is 1.65. The van der Waals surface area contributed by atoms with E-state index in [2.05, 4.69) is 20.8 Å². The first kappa shape index (κ1) is 18.1. The molecule has 0 unspecified atom stereocenters. The van der Waals surface area contributed by atoms with Gasteiger partial charge >= 0.3 is 6.01 Å². The van der Waals surface area contributed by atoms with E-state index in [4.69, 9.17) is 9.15 Å². The molecule has 0 atom stereocenters. The van der Waals surface area contributed by atoms with Crippen molar-refractivity contribution < 1.29 is 18.7 Å². The molecule has 0 aliphatic rings. The SMILES string of the molecule is CCC(=O)Nc1ccc(C(=O)Nc2nnc(-c3ccc(OC)cc3)o2)cc1. The third kappa shape index (κ3) is 4.49. The molecule has 3 aromatic rings. The zero-order valence-corrected chi connectivity index (χ0v) is 14.9. The van der Waals surface area contributed by atoms with Crippen molar-refractivity contribution in [3.8, 4) is 17.2 Å². The fraction of sp³-hybridized carbons (Fsp3) is 0.158. The predicted molar refractivity (Wildman–Crippen MR) is 99.6 cm³/mol. The van der Waals surface area contributed by atoms with Crippen LogP contribution in [0.2, 0.25) is 0 Å². The van der Waals surface area contributed by atoms with Gasteiger partial charge in [-0.1, -0.05) is 12.0 Å². The first-order chi connectivity index (χ1) is 13.1. The van der Waals surface area contributed by atoms with E-state index >= 15 is 0 Å². The van der Waals surface area contributed by atoms with Crippen LogP contribution in [0.4, 0.5) is 11.7 Å². The minimum Gasteiger partial charge on any atom is -0.497 e. The highest BCUT2D eigenvalue weighted by molar-refractivity contribution is 6.03. The fourth-order valence-electron chi connectivity index (χ4n) is 2.25. The summed E-state index contributed by atoms with van der Waals surface area (Å²) in [5, 5.41) is 13.0. The molecule has 0 spiro atoms. The molecule has 138 valence electrons. The van der Waals surface area contributed by atoms with Gasteiger partial charge in [-0.2, -0.15) is 0 Å². The average Bonchev–Trinajstić information content (AvgIpc) is 3.17. The van der Waals surface area contributed by atoms with Crippen LogP contribution in [-0.4, -0.2) is 29.1 Å². The summed E-state index contributed by atoms with van der Waals surface area (Å²) >= 11 is 0. The molecule has 1 aromatic heterocycles. The van der Waals surface area contributed by atoms with Gasteiger partial charge < -0.3 is 14.5 Å². The largest absolute Gasteiger partial charge is 0.497 e. The van der Waals surface area contributed by atoms with E-state index in [1.165, 1.54) is 0 Å². The highest BCUT2D eigenvalue weighted by Crippen LogP contribution is 2.22. The summed E-state index contributed by atoms with van der Waals surface area (Å²) in [5.74, 6) is 0.508. The van der Waals surface area contributed by atoms with E-state index in [0.29, 0.717) is 29.0 Å². The number of carbonyl (C=O) groups is 2. The number of nitrogens with zero attached hydrogens (tertiary/aromatic N) is 2. The Bertz CT molecular complexity index is 933. The van der Waals surface area contributed by atoms with Crippen LogP contribution in [0, 0.1) is 0 Å². The van der Waals surface area contributed by atoms with E-state index < -0.39 is 5.91 Å². The van der Waals surface area contributed by atoms with Crippen LogP contribution >= 0.6 is 0 Å². The summed E-state index contributed by atoms with van der Waals surface area (Å²) in [6.45, 7) is 1.77. The number of methoxy groups -OCH3 is 1. The van der Waals surface area contributed by atoms with Crippen LogP contribution in [0.1, 0.15) is 23.7 Å². The lowest BCUT2D eigenvalue weighted by Crippen LogP contribution is -2.13. The average molecular weight is 366 g/mol. The van der Waals surface area contributed by atoms with E-state index in [-0.39, 0.29) is 17.8 Å². The molecule has 27 heavy (non-hydrogen) atoms. The Kier molecular flexibility index (Phi) is 5.46. The quantitative estimate of drug-likeness (QED) is 0.693. The van der Waals surface area contributed by atoms with Gasteiger partial charge in [-0.15, -0.1) is 5.10 Å². The number of hydrogen-bond acceptors (Lipinski definition) is 6. The van der Waals surface area contributed by atoms with Crippen molar-refractivity contribution >= 4 is 23.5 Å². The lowest BCUT2D eigenvalue weighted by molar-refractivity contribution is -0.115. The van der Waals surface area contributed by atoms with Crippen molar-refractivity contribution in [1.29, 1.82) is 0 Å². The minimum absolute atomic E-state index is 0.00539. The summed E-state index contributed by atoms with van der Waals surface area (Å²) < 4.78 is 10.6. The van der Waals surface area contributed by atoms with Gasteiger partial charge in [-0.05, 0) is 48.5 Å². The van der Waals surface area contributed by atoms with Crippen LogP contribution in [0.5, 0.6) is 5.75 Å². The van der Waals surface area contributed by atoms with Gasteiger partial charge in [0.2, 0.25) is 11.8 Å². The molecule has 1 heterocycles. The Hall–Kier alpha value is -3.68. The van der Waals surface area contributed by atoms with E-state index in [1.54, 1.807) is 62.6 Å². The molecule has 0 saturated heterocycles. The van der Waals surface area contributed by atoms with Crippen molar-refractivity contribution in [1.82, 2.24) is 10.2 Å². The summed E-state index contributed by atoms with van der Waals surface area (Å²) in [4.78, 5) is 23.7. The standard InChI is InChI=1S/C19H18N4O4/c1-3-16(24)20-14-8-4-12(5-9-14)17(25)21-19-23-22-18(27-19)13-6-10-15(26-2)11-7-13/h4-11H,3H2,1-2H3,(H,20,24)(H,21,23,25). The smallest absolute Gasteiger partial charge is 0.322 e. The molecule has 0 radical (unpaired) electrons. The highest BCUT2D eigenvalue weighted by atomic mass is 16.5. The topological polar surface area (TPSA) is 106 Å². The molecule has 8 nitrogen and oxygen atoms in total.